The Labute approximate surface area is 130 Å². The summed E-state index contributed by atoms with van der Waals surface area (Å²) in [5, 5.41) is 8.88. The lowest BCUT2D eigenvalue weighted by atomic mass is 9.89. The molecule has 0 N–H and O–H groups in total. The van der Waals surface area contributed by atoms with Gasteiger partial charge in [-0.1, -0.05) is 37.5 Å². The molecule has 1 aromatic carbocycles. The van der Waals surface area contributed by atoms with E-state index in [1.807, 2.05) is 12.1 Å². The molecule has 0 spiro atoms. The lowest BCUT2D eigenvalue weighted by molar-refractivity contribution is -0.153. The van der Waals surface area contributed by atoms with E-state index in [1.165, 1.54) is 4.90 Å². The quantitative estimate of drug-likeness (QED) is 0.619. The van der Waals surface area contributed by atoms with Crippen LogP contribution in [0, 0.1) is 17.2 Å². The SMILES string of the molecule is N#CCN(C(=O)COC(=O)C1CCCCC1)c1ccccc1. The zero-order chi connectivity index (χ0) is 15.8. The molecule has 5 nitrogen and oxygen atoms in total. The second-order valence-electron chi connectivity index (χ2n) is 5.42. The fraction of sp³-hybridized carbons (Fsp3) is 0.471. The minimum atomic E-state index is -0.378. The highest BCUT2D eigenvalue weighted by Crippen LogP contribution is 2.24. The van der Waals surface area contributed by atoms with Crippen LogP contribution >= 0.6 is 0 Å². The Kier molecular flexibility index (Phi) is 5.96. The molecule has 1 fully saturated rings. The van der Waals surface area contributed by atoms with E-state index in [2.05, 4.69) is 0 Å². The number of ether oxygens (including phenoxy) is 1. The van der Waals surface area contributed by atoms with Crippen LogP contribution in [0.4, 0.5) is 5.69 Å². The Morgan fingerprint density at radius 3 is 2.50 bits per heavy atom. The molecule has 22 heavy (non-hydrogen) atoms. The third kappa shape index (κ3) is 4.32. The van der Waals surface area contributed by atoms with Crippen molar-refractivity contribution < 1.29 is 14.3 Å². The summed E-state index contributed by atoms with van der Waals surface area (Å²) < 4.78 is 5.15. The van der Waals surface area contributed by atoms with E-state index < -0.39 is 0 Å². The number of nitrogens with zero attached hydrogens (tertiary/aromatic N) is 2. The molecule has 1 aromatic rings. The molecule has 1 amide bonds. The Hall–Kier alpha value is -2.35. The monoisotopic (exact) mass is 300 g/mol. The summed E-state index contributed by atoms with van der Waals surface area (Å²) in [4.78, 5) is 25.5. The number of carbonyl (C=O) groups is 2. The highest BCUT2D eigenvalue weighted by molar-refractivity contribution is 5.95. The third-order valence-corrected chi connectivity index (χ3v) is 3.87. The van der Waals surface area contributed by atoms with Crippen LogP contribution in [0.5, 0.6) is 0 Å². The molecule has 0 bridgehead atoms. The van der Waals surface area contributed by atoms with Crippen molar-refractivity contribution in [1.29, 1.82) is 5.26 Å². The van der Waals surface area contributed by atoms with Crippen molar-refractivity contribution in [1.82, 2.24) is 0 Å². The zero-order valence-corrected chi connectivity index (χ0v) is 12.5. The van der Waals surface area contributed by atoms with Gasteiger partial charge in [-0.25, -0.2) is 0 Å². The van der Waals surface area contributed by atoms with Gasteiger partial charge < -0.3 is 4.74 Å². The van der Waals surface area contributed by atoms with Crippen LogP contribution in [-0.2, 0) is 14.3 Å². The van der Waals surface area contributed by atoms with Gasteiger partial charge in [0.2, 0.25) is 0 Å². The van der Waals surface area contributed by atoms with Gasteiger partial charge in [-0.3, -0.25) is 14.5 Å². The molecule has 0 heterocycles. The number of hydrogen-bond acceptors (Lipinski definition) is 4. The molecule has 2 rings (SSSR count). The third-order valence-electron chi connectivity index (χ3n) is 3.87. The Balaban J connectivity index is 1.91. The van der Waals surface area contributed by atoms with Crippen molar-refractivity contribution in [2.75, 3.05) is 18.1 Å². The van der Waals surface area contributed by atoms with Crippen molar-refractivity contribution in [3.63, 3.8) is 0 Å². The van der Waals surface area contributed by atoms with Crippen molar-refractivity contribution in [2.24, 2.45) is 5.92 Å². The number of anilines is 1. The summed E-state index contributed by atoms with van der Waals surface area (Å²) in [6, 6.07) is 10.9. The smallest absolute Gasteiger partial charge is 0.309 e. The van der Waals surface area contributed by atoms with E-state index in [4.69, 9.17) is 10.00 Å². The van der Waals surface area contributed by atoms with Gasteiger partial charge in [0.05, 0.1) is 12.0 Å². The lowest BCUT2D eigenvalue weighted by Crippen LogP contribution is -2.36. The van der Waals surface area contributed by atoms with Crippen molar-refractivity contribution in [3.05, 3.63) is 30.3 Å². The largest absolute Gasteiger partial charge is 0.455 e. The van der Waals surface area contributed by atoms with Crippen LogP contribution in [0.1, 0.15) is 32.1 Å². The number of benzene rings is 1. The van der Waals surface area contributed by atoms with Gasteiger partial charge in [0.15, 0.2) is 6.61 Å². The summed E-state index contributed by atoms with van der Waals surface area (Å²) in [6.07, 6.45) is 4.92. The number of rotatable bonds is 5. The highest BCUT2D eigenvalue weighted by Gasteiger charge is 2.24. The molecule has 0 unspecified atom stereocenters. The average Bonchev–Trinajstić information content (AvgIpc) is 2.58. The fourth-order valence-electron chi connectivity index (χ4n) is 2.67. The van der Waals surface area contributed by atoms with Crippen LogP contribution in [0.3, 0.4) is 0 Å². The number of nitriles is 1. The first kappa shape index (κ1) is 16.0. The molecule has 0 aromatic heterocycles. The minimum absolute atomic E-state index is 0.0656. The van der Waals surface area contributed by atoms with Crippen LogP contribution in [0.2, 0.25) is 0 Å². The normalized spacial score (nSPS) is 14.9. The predicted octanol–water partition coefficient (Wildman–Crippen LogP) is 2.67. The molecule has 1 aliphatic carbocycles. The van der Waals surface area contributed by atoms with E-state index in [-0.39, 0.29) is 30.9 Å². The Morgan fingerprint density at radius 2 is 1.86 bits per heavy atom. The van der Waals surface area contributed by atoms with E-state index in [1.54, 1.807) is 24.3 Å². The van der Waals surface area contributed by atoms with Gasteiger partial charge in [-0.05, 0) is 25.0 Å². The van der Waals surface area contributed by atoms with Gasteiger partial charge in [0, 0.05) is 5.69 Å². The Morgan fingerprint density at radius 1 is 1.18 bits per heavy atom. The maximum Gasteiger partial charge on any atom is 0.309 e. The topological polar surface area (TPSA) is 70.4 Å². The Bertz CT molecular complexity index is 545. The van der Waals surface area contributed by atoms with Crippen LogP contribution in [-0.4, -0.2) is 25.0 Å². The molecular weight excluding hydrogens is 280 g/mol. The first-order chi connectivity index (χ1) is 10.7. The minimum Gasteiger partial charge on any atom is -0.455 e. The van der Waals surface area contributed by atoms with E-state index >= 15 is 0 Å². The second-order valence-corrected chi connectivity index (χ2v) is 5.42. The van der Waals surface area contributed by atoms with Gasteiger partial charge >= 0.3 is 5.97 Å². The summed E-state index contributed by atoms with van der Waals surface area (Å²) >= 11 is 0. The molecular formula is C17H20N2O3. The summed E-state index contributed by atoms with van der Waals surface area (Å²) in [7, 11) is 0. The molecule has 116 valence electrons. The van der Waals surface area contributed by atoms with Crippen LogP contribution in [0.15, 0.2) is 30.3 Å². The standard InChI is InChI=1S/C17H20N2O3/c18-11-12-19(15-9-5-2-6-10-15)16(20)13-22-17(21)14-7-3-1-4-8-14/h2,5-6,9-10,14H,1,3-4,7-8,12-13H2. The maximum absolute atomic E-state index is 12.2. The van der Waals surface area contributed by atoms with E-state index in [0.717, 1.165) is 32.1 Å². The van der Waals surface area contributed by atoms with E-state index in [0.29, 0.717) is 5.69 Å². The van der Waals surface area contributed by atoms with Crippen molar-refractivity contribution in [2.45, 2.75) is 32.1 Å². The van der Waals surface area contributed by atoms with Crippen LogP contribution in [0.25, 0.3) is 0 Å². The van der Waals surface area contributed by atoms with Gasteiger partial charge in [0.1, 0.15) is 6.54 Å². The molecule has 0 aliphatic heterocycles. The maximum atomic E-state index is 12.2. The summed E-state index contributed by atoms with van der Waals surface area (Å²) in [5.41, 5.74) is 0.628. The molecule has 0 saturated heterocycles. The predicted molar refractivity (Wildman–Crippen MR) is 81.9 cm³/mol. The second kappa shape index (κ2) is 8.18. The number of amides is 1. The summed E-state index contributed by atoms with van der Waals surface area (Å²) in [5.74, 6) is -0.752. The number of para-hydroxylation sites is 1. The molecule has 0 radical (unpaired) electrons. The zero-order valence-electron chi connectivity index (χ0n) is 12.5. The average molecular weight is 300 g/mol. The number of hydrogen-bond donors (Lipinski definition) is 0. The fourth-order valence-corrected chi connectivity index (χ4v) is 2.67. The highest BCUT2D eigenvalue weighted by atomic mass is 16.5. The first-order valence-electron chi connectivity index (χ1n) is 7.61. The van der Waals surface area contributed by atoms with E-state index in [9.17, 15) is 9.59 Å². The number of carbonyl (C=O) groups excluding carboxylic acids is 2. The van der Waals surface area contributed by atoms with Crippen molar-refractivity contribution in [3.8, 4) is 6.07 Å². The first-order valence-corrected chi connectivity index (χ1v) is 7.61. The number of esters is 1. The van der Waals surface area contributed by atoms with Gasteiger partial charge in [-0.2, -0.15) is 5.26 Å². The lowest BCUT2D eigenvalue weighted by Gasteiger charge is -2.22. The van der Waals surface area contributed by atoms with Gasteiger partial charge in [0.25, 0.3) is 5.91 Å². The molecule has 0 atom stereocenters. The summed E-state index contributed by atoms with van der Waals surface area (Å²) in [6.45, 7) is -0.379. The molecule has 1 aliphatic rings. The molecule has 5 heteroatoms. The van der Waals surface area contributed by atoms with Crippen LogP contribution < -0.4 is 4.90 Å². The van der Waals surface area contributed by atoms with Crippen molar-refractivity contribution >= 4 is 17.6 Å². The molecule has 1 saturated carbocycles. The van der Waals surface area contributed by atoms with Gasteiger partial charge in [-0.15, -0.1) is 0 Å².